The van der Waals surface area contributed by atoms with Gasteiger partial charge in [-0.1, -0.05) is 13.0 Å². The number of pyridine rings is 1. The number of hydrogen-bond acceptors (Lipinski definition) is 4. The molecule has 0 fully saturated rings. The molecule has 0 saturated carbocycles. The van der Waals surface area contributed by atoms with E-state index < -0.39 is 0 Å². The Balaban J connectivity index is 1.61. The number of aromatic nitrogens is 3. The van der Waals surface area contributed by atoms with Crippen LogP contribution < -0.4 is 10.9 Å². The van der Waals surface area contributed by atoms with E-state index in [9.17, 15) is 4.79 Å². The monoisotopic (exact) mass is 355 g/mol. The van der Waals surface area contributed by atoms with Gasteiger partial charge in [0.05, 0.1) is 11.1 Å². The van der Waals surface area contributed by atoms with Gasteiger partial charge in [-0.15, -0.1) is 11.3 Å². The number of quaternary nitrogens is 1. The summed E-state index contributed by atoms with van der Waals surface area (Å²) in [5.74, 6) is 1.45. The Labute approximate surface area is 150 Å². The highest BCUT2D eigenvalue weighted by molar-refractivity contribution is 7.18. The molecule has 25 heavy (non-hydrogen) atoms. The first-order valence-electron chi connectivity index (χ1n) is 8.89. The molecule has 0 amide bonds. The lowest BCUT2D eigenvalue weighted by atomic mass is 9.89. The Hall–Kier alpha value is -2.05. The zero-order valence-corrected chi connectivity index (χ0v) is 15.4. The van der Waals surface area contributed by atoms with Crippen LogP contribution in [-0.2, 0) is 19.4 Å². The van der Waals surface area contributed by atoms with Crippen molar-refractivity contribution in [2.24, 2.45) is 5.92 Å². The smallest absolute Gasteiger partial charge is 0.260 e. The van der Waals surface area contributed by atoms with Gasteiger partial charge in [-0.3, -0.25) is 9.78 Å². The molecule has 0 aliphatic heterocycles. The van der Waals surface area contributed by atoms with Gasteiger partial charge in [0.1, 0.15) is 17.4 Å². The number of nitrogens with zero attached hydrogens (tertiary/aromatic N) is 2. The minimum absolute atomic E-state index is 0.0186. The maximum atomic E-state index is 12.7. The summed E-state index contributed by atoms with van der Waals surface area (Å²) in [5.41, 5.74) is 2.28. The summed E-state index contributed by atoms with van der Waals surface area (Å²) in [6, 6.07) is 6.00. The summed E-state index contributed by atoms with van der Waals surface area (Å²) < 4.78 is 0. The third kappa shape index (κ3) is 3.24. The minimum atomic E-state index is 0.0186. The van der Waals surface area contributed by atoms with E-state index in [1.54, 1.807) is 17.5 Å². The van der Waals surface area contributed by atoms with Crippen LogP contribution in [0.3, 0.4) is 0 Å². The zero-order valence-electron chi connectivity index (χ0n) is 14.6. The minimum Gasteiger partial charge on any atom is -0.333 e. The van der Waals surface area contributed by atoms with Crippen LogP contribution in [0.15, 0.2) is 29.2 Å². The fourth-order valence-electron chi connectivity index (χ4n) is 3.51. The number of H-pyrrole nitrogens is 1. The molecule has 0 aromatic carbocycles. The fourth-order valence-corrected chi connectivity index (χ4v) is 4.90. The maximum absolute atomic E-state index is 12.7. The number of fused-ring (bicyclic) bond motifs is 3. The van der Waals surface area contributed by atoms with Crippen molar-refractivity contribution in [1.29, 1.82) is 0 Å². The first-order chi connectivity index (χ1) is 12.1. The van der Waals surface area contributed by atoms with Crippen LogP contribution in [0.1, 0.15) is 48.3 Å². The molecule has 130 valence electrons. The van der Waals surface area contributed by atoms with Crippen molar-refractivity contribution in [1.82, 2.24) is 15.0 Å². The van der Waals surface area contributed by atoms with E-state index in [0.717, 1.165) is 47.5 Å². The second kappa shape index (κ2) is 6.69. The van der Waals surface area contributed by atoms with Crippen molar-refractivity contribution in [2.75, 3.05) is 0 Å². The van der Waals surface area contributed by atoms with Crippen molar-refractivity contribution in [2.45, 2.75) is 45.7 Å². The normalized spacial score (nSPS) is 18.2. The van der Waals surface area contributed by atoms with Crippen LogP contribution >= 0.6 is 11.3 Å². The highest BCUT2D eigenvalue weighted by Crippen LogP contribution is 2.35. The van der Waals surface area contributed by atoms with E-state index >= 15 is 0 Å². The number of aryl methyl sites for hydroxylation is 1. The average molecular weight is 355 g/mol. The molecule has 6 heteroatoms. The second-order valence-corrected chi connectivity index (χ2v) is 8.12. The molecule has 3 N–H and O–H groups in total. The van der Waals surface area contributed by atoms with E-state index in [1.165, 1.54) is 10.4 Å². The van der Waals surface area contributed by atoms with Gasteiger partial charge in [-0.25, -0.2) is 4.98 Å². The quantitative estimate of drug-likeness (QED) is 0.754. The van der Waals surface area contributed by atoms with Gasteiger partial charge in [-0.2, -0.15) is 0 Å². The highest BCUT2D eigenvalue weighted by atomic mass is 32.1. The molecule has 5 nitrogen and oxygen atoms in total. The topological polar surface area (TPSA) is 75.2 Å². The van der Waals surface area contributed by atoms with E-state index in [-0.39, 0.29) is 11.6 Å². The molecule has 3 heterocycles. The number of aromatic amines is 1. The fraction of sp³-hybridized carbons (Fsp3) is 0.421. The molecule has 0 bridgehead atoms. The number of thiophene rings is 1. The SMILES string of the molecule is C[C@@H]1CCc2c(sc3nc([C@@H](C)[NH2+]Cc4ccccn4)[nH]c(=O)c23)C1. The summed E-state index contributed by atoms with van der Waals surface area (Å²) >= 11 is 1.71. The lowest BCUT2D eigenvalue weighted by Gasteiger charge is -2.17. The Kier molecular flexibility index (Phi) is 4.39. The number of hydrogen-bond donors (Lipinski definition) is 2. The molecule has 0 unspecified atom stereocenters. The number of nitrogens with one attached hydrogen (secondary N) is 1. The Morgan fingerprint density at radius 2 is 2.32 bits per heavy atom. The molecule has 0 saturated heterocycles. The number of rotatable bonds is 4. The first-order valence-corrected chi connectivity index (χ1v) is 9.71. The zero-order chi connectivity index (χ0) is 17.4. The molecular weight excluding hydrogens is 332 g/mol. The van der Waals surface area contributed by atoms with Crippen molar-refractivity contribution in [3.8, 4) is 0 Å². The summed E-state index contributed by atoms with van der Waals surface area (Å²) in [7, 11) is 0. The van der Waals surface area contributed by atoms with Gasteiger partial charge in [0.2, 0.25) is 0 Å². The van der Waals surface area contributed by atoms with Crippen molar-refractivity contribution >= 4 is 21.6 Å². The van der Waals surface area contributed by atoms with Gasteiger partial charge in [0, 0.05) is 11.1 Å². The lowest BCUT2D eigenvalue weighted by molar-refractivity contribution is -0.709. The predicted molar refractivity (Wildman–Crippen MR) is 99.7 cm³/mol. The Bertz CT molecular complexity index is 947. The molecule has 1 aliphatic carbocycles. The highest BCUT2D eigenvalue weighted by Gasteiger charge is 2.24. The Morgan fingerprint density at radius 1 is 1.44 bits per heavy atom. The largest absolute Gasteiger partial charge is 0.333 e. The second-order valence-electron chi connectivity index (χ2n) is 7.03. The first kappa shape index (κ1) is 16.4. The van der Waals surface area contributed by atoms with Gasteiger partial charge in [-0.05, 0) is 49.8 Å². The number of nitrogens with two attached hydrogens (primary N) is 1. The van der Waals surface area contributed by atoms with E-state index in [2.05, 4.69) is 29.1 Å². The van der Waals surface area contributed by atoms with Gasteiger partial charge < -0.3 is 10.3 Å². The average Bonchev–Trinajstić information content (AvgIpc) is 2.98. The van der Waals surface area contributed by atoms with Gasteiger partial charge in [0.25, 0.3) is 5.56 Å². The standard InChI is InChI=1S/C19H22N4OS/c1-11-6-7-14-15(9-11)25-19-16(14)18(24)22-17(23-19)12(2)21-10-13-5-3-4-8-20-13/h3-5,8,11-12,21H,6-7,9-10H2,1-2H3,(H,22,23,24)/p+1/t11-,12-/m1/s1. The molecular formula is C19H23N4OS+. The molecule has 1 aliphatic rings. The molecule has 4 rings (SSSR count). The molecule has 3 aromatic heterocycles. The third-order valence-corrected chi connectivity index (χ3v) is 6.17. The van der Waals surface area contributed by atoms with Crippen molar-refractivity contribution in [3.05, 3.63) is 56.7 Å². The maximum Gasteiger partial charge on any atom is 0.260 e. The molecule has 0 radical (unpaired) electrons. The van der Waals surface area contributed by atoms with E-state index in [0.29, 0.717) is 5.92 Å². The summed E-state index contributed by atoms with van der Waals surface area (Å²) in [6.45, 7) is 5.12. The molecule has 0 spiro atoms. The van der Waals surface area contributed by atoms with Gasteiger partial charge >= 0.3 is 0 Å². The van der Waals surface area contributed by atoms with Crippen LogP contribution in [-0.4, -0.2) is 15.0 Å². The third-order valence-electron chi connectivity index (χ3n) is 5.02. The van der Waals surface area contributed by atoms with Crippen LogP contribution in [0.2, 0.25) is 0 Å². The summed E-state index contributed by atoms with van der Waals surface area (Å²) in [4.78, 5) is 27.1. The van der Waals surface area contributed by atoms with Crippen LogP contribution in [0.4, 0.5) is 0 Å². The van der Waals surface area contributed by atoms with E-state index in [4.69, 9.17) is 4.98 Å². The van der Waals surface area contributed by atoms with Crippen molar-refractivity contribution in [3.63, 3.8) is 0 Å². The van der Waals surface area contributed by atoms with Gasteiger partial charge in [0.15, 0.2) is 5.82 Å². The predicted octanol–water partition coefficient (Wildman–Crippen LogP) is 2.33. The Morgan fingerprint density at radius 3 is 3.12 bits per heavy atom. The molecule has 2 atom stereocenters. The van der Waals surface area contributed by atoms with Crippen LogP contribution in [0.25, 0.3) is 10.2 Å². The van der Waals surface area contributed by atoms with Crippen LogP contribution in [0, 0.1) is 5.92 Å². The van der Waals surface area contributed by atoms with Crippen LogP contribution in [0.5, 0.6) is 0 Å². The summed E-state index contributed by atoms with van der Waals surface area (Å²) in [6.07, 6.45) is 5.04. The summed E-state index contributed by atoms with van der Waals surface area (Å²) in [5, 5.41) is 2.98. The van der Waals surface area contributed by atoms with Crippen molar-refractivity contribution < 1.29 is 5.32 Å². The van der Waals surface area contributed by atoms with E-state index in [1.807, 2.05) is 18.2 Å². The lowest BCUT2D eigenvalue weighted by Crippen LogP contribution is -2.83. The molecule has 3 aromatic rings.